The van der Waals surface area contributed by atoms with E-state index >= 15 is 0 Å². The highest BCUT2D eigenvalue weighted by Gasteiger charge is 2.37. The van der Waals surface area contributed by atoms with Gasteiger partial charge < -0.3 is 14.8 Å². The van der Waals surface area contributed by atoms with Crippen LogP contribution in [0.3, 0.4) is 0 Å². The zero-order chi connectivity index (χ0) is 25.8. The molecule has 0 atom stereocenters. The molecule has 10 nitrogen and oxygen atoms in total. The fraction of sp³-hybridized carbons (Fsp3) is 0.115. The SMILES string of the molecule is COc1ccc(NC(=O)NC(=O)COC(=O)c2ccc3c(c2)C(=O)N(c2ccccc2C)C3=O)cc1. The Kier molecular flexibility index (Phi) is 6.77. The third-order valence-electron chi connectivity index (χ3n) is 5.41. The zero-order valence-electron chi connectivity index (χ0n) is 19.4. The Morgan fingerprint density at radius 2 is 1.58 bits per heavy atom. The van der Waals surface area contributed by atoms with Gasteiger partial charge in [0.15, 0.2) is 6.61 Å². The van der Waals surface area contributed by atoms with Crippen LogP contribution >= 0.6 is 0 Å². The van der Waals surface area contributed by atoms with Crippen molar-refractivity contribution >= 4 is 41.1 Å². The Balaban J connectivity index is 1.36. The molecule has 3 aromatic rings. The molecule has 182 valence electrons. The number of carbonyl (C=O) groups excluding carboxylic acids is 5. The predicted octanol–water partition coefficient (Wildman–Crippen LogP) is 3.31. The second-order valence-electron chi connectivity index (χ2n) is 7.80. The number of aryl methyl sites for hydroxylation is 1. The van der Waals surface area contributed by atoms with Crippen LogP contribution in [0.15, 0.2) is 66.7 Å². The van der Waals surface area contributed by atoms with Crippen molar-refractivity contribution in [2.24, 2.45) is 0 Å². The molecule has 1 aliphatic rings. The number of benzene rings is 3. The molecule has 0 aliphatic carbocycles. The smallest absolute Gasteiger partial charge is 0.338 e. The van der Waals surface area contributed by atoms with Crippen molar-refractivity contribution in [1.82, 2.24) is 5.32 Å². The minimum absolute atomic E-state index is 0.0167. The molecule has 0 aromatic heterocycles. The number of para-hydroxylation sites is 1. The first-order chi connectivity index (χ1) is 17.3. The zero-order valence-corrected chi connectivity index (χ0v) is 19.4. The fourth-order valence-electron chi connectivity index (χ4n) is 3.61. The standard InChI is InChI=1S/C26H21N3O7/c1-15-5-3-4-6-21(15)29-23(31)19-12-7-16(13-20(19)24(29)32)25(33)36-14-22(30)28-26(34)27-17-8-10-18(35-2)11-9-17/h3-13H,14H2,1-2H3,(H2,27,28,30,34). The number of hydrogen-bond acceptors (Lipinski definition) is 7. The number of hydrogen-bond donors (Lipinski definition) is 2. The Bertz CT molecular complexity index is 1380. The van der Waals surface area contributed by atoms with E-state index < -0.39 is 36.3 Å². The molecule has 0 unspecified atom stereocenters. The van der Waals surface area contributed by atoms with Gasteiger partial charge in [0.2, 0.25) is 0 Å². The third kappa shape index (κ3) is 4.92. The number of nitrogens with one attached hydrogen (secondary N) is 2. The number of urea groups is 1. The second kappa shape index (κ2) is 10.1. The maximum absolute atomic E-state index is 12.9. The summed E-state index contributed by atoms with van der Waals surface area (Å²) in [6, 6.07) is 16.5. The first-order valence-electron chi connectivity index (χ1n) is 10.8. The molecule has 0 spiro atoms. The molecule has 0 radical (unpaired) electrons. The lowest BCUT2D eigenvalue weighted by atomic mass is 10.1. The molecule has 1 aliphatic heterocycles. The molecule has 0 bridgehead atoms. The largest absolute Gasteiger partial charge is 0.497 e. The van der Waals surface area contributed by atoms with Crippen LogP contribution in [0.1, 0.15) is 36.6 Å². The maximum atomic E-state index is 12.9. The number of amides is 5. The van der Waals surface area contributed by atoms with Crippen LogP contribution in [0.5, 0.6) is 5.75 Å². The average molecular weight is 487 g/mol. The monoisotopic (exact) mass is 487 g/mol. The van der Waals surface area contributed by atoms with E-state index in [1.807, 2.05) is 5.32 Å². The minimum atomic E-state index is -0.891. The number of ether oxygens (including phenoxy) is 2. The van der Waals surface area contributed by atoms with Gasteiger partial charge in [-0.05, 0) is 61.0 Å². The molecule has 5 amide bonds. The van der Waals surface area contributed by atoms with Crippen LogP contribution in [-0.2, 0) is 9.53 Å². The highest BCUT2D eigenvalue weighted by atomic mass is 16.5. The average Bonchev–Trinajstić information content (AvgIpc) is 3.12. The molecule has 3 aromatic carbocycles. The maximum Gasteiger partial charge on any atom is 0.338 e. The fourth-order valence-corrected chi connectivity index (χ4v) is 3.61. The molecule has 36 heavy (non-hydrogen) atoms. The van der Waals surface area contributed by atoms with E-state index in [-0.39, 0.29) is 16.7 Å². The molecular formula is C26H21N3O7. The lowest BCUT2D eigenvalue weighted by molar-refractivity contribution is -0.123. The van der Waals surface area contributed by atoms with Gasteiger partial charge in [0.25, 0.3) is 17.7 Å². The van der Waals surface area contributed by atoms with Crippen molar-refractivity contribution in [3.05, 3.63) is 89.0 Å². The van der Waals surface area contributed by atoms with Crippen LogP contribution in [0.2, 0.25) is 0 Å². The highest BCUT2D eigenvalue weighted by molar-refractivity contribution is 6.35. The van der Waals surface area contributed by atoms with Gasteiger partial charge in [0.1, 0.15) is 5.75 Å². The van der Waals surface area contributed by atoms with E-state index in [1.54, 1.807) is 55.5 Å². The van der Waals surface area contributed by atoms with Gasteiger partial charge in [0, 0.05) is 5.69 Å². The van der Waals surface area contributed by atoms with E-state index in [0.717, 1.165) is 10.5 Å². The number of rotatable bonds is 6. The van der Waals surface area contributed by atoms with Gasteiger partial charge in [-0.1, -0.05) is 18.2 Å². The van der Waals surface area contributed by atoms with Gasteiger partial charge >= 0.3 is 12.0 Å². The Morgan fingerprint density at radius 1 is 0.889 bits per heavy atom. The predicted molar refractivity (Wildman–Crippen MR) is 129 cm³/mol. The summed E-state index contributed by atoms with van der Waals surface area (Å²) in [5.41, 5.74) is 1.83. The lowest BCUT2D eigenvalue weighted by Crippen LogP contribution is -2.37. The van der Waals surface area contributed by atoms with E-state index in [2.05, 4.69) is 5.32 Å². The van der Waals surface area contributed by atoms with Crippen molar-refractivity contribution < 1.29 is 33.4 Å². The van der Waals surface area contributed by atoms with Gasteiger partial charge in [-0.25, -0.2) is 14.5 Å². The summed E-state index contributed by atoms with van der Waals surface area (Å²) >= 11 is 0. The van der Waals surface area contributed by atoms with Crippen LogP contribution < -0.4 is 20.3 Å². The van der Waals surface area contributed by atoms with E-state index in [9.17, 15) is 24.0 Å². The van der Waals surface area contributed by atoms with E-state index in [0.29, 0.717) is 17.1 Å². The third-order valence-corrected chi connectivity index (χ3v) is 5.41. The summed E-state index contributed by atoms with van der Waals surface area (Å²) in [7, 11) is 1.51. The first-order valence-corrected chi connectivity index (χ1v) is 10.8. The molecule has 4 rings (SSSR count). The van der Waals surface area contributed by atoms with Gasteiger partial charge in [-0.3, -0.25) is 19.7 Å². The molecule has 2 N–H and O–H groups in total. The van der Waals surface area contributed by atoms with E-state index in [4.69, 9.17) is 9.47 Å². The van der Waals surface area contributed by atoms with Crippen molar-refractivity contribution in [3.8, 4) is 5.75 Å². The number of esters is 1. The summed E-state index contributed by atoms with van der Waals surface area (Å²) in [5, 5.41) is 4.51. The van der Waals surface area contributed by atoms with E-state index in [1.165, 1.54) is 25.3 Å². The number of fused-ring (bicyclic) bond motifs is 1. The Labute approximate surface area is 205 Å². The van der Waals surface area contributed by atoms with Crippen molar-refractivity contribution in [2.45, 2.75) is 6.92 Å². The summed E-state index contributed by atoms with van der Waals surface area (Å²) in [5.74, 6) is -2.20. The Morgan fingerprint density at radius 3 is 2.28 bits per heavy atom. The van der Waals surface area contributed by atoms with Crippen molar-refractivity contribution in [2.75, 3.05) is 23.9 Å². The second-order valence-corrected chi connectivity index (χ2v) is 7.80. The van der Waals surface area contributed by atoms with Gasteiger partial charge in [-0.15, -0.1) is 0 Å². The van der Waals surface area contributed by atoms with Crippen molar-refractivity contribution in [3.63, 3.8) is 0 Å². The van der Waals surface area contributed by atoms with Crippen LogP contribution in [0.4, 0.5) is 16.2 Å². The normalized spacial score (nSPS) is 12.1. The van der Waals surface area contributed by atoms with Crippen LogP contribution in [-0.4, -0.2) is 43.4 Å². The lowest BCUT2D eigenvalue weighted by Gasteiger charge is -2.16. The number of imide groups is 2. The van der Waals surface area contributed by atoms with Gasteiger partial charge in [0.05, 0.1) is 29.5 Å². The molecular weight excluding hydrogens is 466 g/mol. The van der Waals surface area contributed by atoms with Crippen LogP contribution in [0, 0.1) is 6.92 Å². The first kappa shape index (κ1) is 24.1. The molecule has 0 saturated carbocycles. The number of nitrogens with zero attached hydrogens (tertiary/aromatic N) is 1. The summed E-state index contributed by atoms with van der Waals surface area (Å²) < 4.78 is 9.99. The summed E-state index contributed by atoms with van der Waals surface area (Å²) in [6.07, 6.45) is 0. The highest BCUT2D eigenvalue weighted by Crippen LogP contribution is 2.31. The molecule has 0 saturated heterocycles. The van der Waals surface area contributed by atoms with Crippen molar-refractivity contribution in [1.29, 1.82) is 0 Å². The number of methoxy groups -OCH3 is 1. The number of carbonyl (C=O) groups is 5. The Hall–Kier alpha value is -4.99. The molecule has 1 heterocycles. The molecule has 10 heteroatoms. The summed E-state index contributed by atoms with van der Waals surface area (Å²) in [6.45, 7) is 1.05. The molecule has 0 fully saturated rings. The minimum Gasteiger partial charge on any atom is -0.497 e. The summed E-state index contributed by atoms with van der Waals surface area (Å²) in [4.78, 5) is 63.3. The number of anilines is 2. The van der Waals surface area contributed by atoms with Crippen LogP contribution in [0.25, 0.3) is 0 Å². The quantitative estimate of drug-likeness (QED) is 0.403. The topological polar surface area (TPSA) is 131 Å². The van der Waals surface area contributed by atoms with Gasteiger partial charge in [-0.2, -0.15) is 0 Å².